The van der Waals surface area contributed by atoms with Crippen LogP contribution >= 0.6 is 0 Å². The summed E-state index contributed by atoms with van der Waals surface area (Å²) in [6, 6.07) is 0. The number of carbonyl (C=O) groups excluding carboxylic acids is 2. The van der Waals surface area contributed by atoms with Crippen molar-refractivity contribution in [2.24, 2.45) is 5.41 Å². The van der Waals surface area contributed by atoms with Crippen LogP contribution in [0.4, 0.5) is 0 Å². The number of esters is 2. The van der Waals surface area contributed by atoms with Gasteiger partial charge in [0.15, 0.2) is 0 Å². The molecule has 1 rings (SSSR count). The van der Waals surface area contributed by atoms with Gasteiger partial charge in [0, 0.05) is 37.9 Å². The molecule has 10 heteroatoms. The minimum atomic E-state index is -1.11. The van der Waals surface area contributed by atoms with Crippen molar-refractivity contribution < 1.29 is 48.6 Å². The highest BCUT2D eigenvalue weighted by Crippen LogP contribution is 2.24. The number of methoxy groups -OCH3 is 2. The van der Waals surface area contributed by atoms with Crippen LogP contribution in [0.3, 0.4) is 0 Å². The predicted octanol–water partition coefficient (Wildman–Crippen LogP) is 0.300. The molecule has 1 fully saturated rings. The first kappa shape index (κ1) is 28.2. The maximum atomic E-state index is 11.6. The van der Waals surface area contributed by atoms with Crippen LogP contribution in [0, 0.1) is 5.41 Å². The summed E-state index contributed by atoms with van der Waals surface area (Å²) in [5.41, 5.74) is -0.899. The SMILES string of the molecule is C=C(CCC(CO)(CO)CO)C(=O)OC(OC)OC.C=CC(=O)OCC1CCCO1. The van der Waals surface area contributed by atoms with Crippen LogP contribution in [0.1, 0.15) is 25.7 Å². The van der Waals surface area contributed by atoms with Gasteiger partial charge >= 0.3 is 18.4 Å². The van der Waals surface area contributed by atoms with Gasteiger partial charge in [0.25, 0.3) is 0 Å². The minimum Gasteiger partial charge on any atom is -0.460 e. The van der Waals surface area contributed by atoms with E-state index < -0.39 is 17.9 Å². The van der Waals surface area contributed by atoms with Gasteiger partial charge < -0.3 is 39.0 Å². The van der Waals surface area contributed by atoms with Crippen molar-refractivity contribution in [2.45, 2.75) is 38.3 Å². The van der Waals surface area contributed by atoms with E-state index in [-0.39, 0.29) is 50.3 Å². The van der Waals surface area contributed by atoms with E-state index in [0.29, 0.717) is 6.61 Å². The van der Waals surface area contributed by atoms with Crippen molar-refractivity contribution >= 4 is 11.9 Å². The van der Waals surface area contributed by atoms with Crippen molar-refractivity contribution in [2.75, 3.05) is 47.3 Å². The molecule has 1 atom stereocenters. The van der Waals surface area contributed by atoms with Crippen LogP contribution in [0.15, 0.2) is 24.8 Å². The highest BCUT2D eigenvalue weighted by atomic mass is 16.8. The van der Waals surface area contributed by atoms with Gasteiger partial charge in [-0.1, -0.05) is 13.2 Å². The highest BCUT2D eigenvalue weighted by Gasteiger charge is 2.29. The van der Waals surface area contributed by atoms with E-state index in [0.717, 1.165) is 25.5 Å². The van der Waals surface area contributed by atoms with E-state index in [9.17, 15) is 9.59 Å². The molecule has 1 unspecified atom stereocenters. The Kier molecular flexibility index (Phi) is 15.0. The summed E-state index contributed by atoms with van der Waals surface area (Å²) in [6.07, 6.45) is 3.70. The fraction of sp³-hybridized carbons (Fsp3) is 0.700. The highest BCUT2D eigenvalue weighted by molar-refractivity contribution is 5.87. The van der Waals surface area contributed by atoms with Crippen LogP contribution in [0.25, 0.3) is 0 Å². The van der Waals surface area contributed by atoms with Crippen molar-refractivity contribution in [3.63, 3.8) is 0 Å². The van der Waals surface area contributed by atoms with E-state index in [4.69, 9.17) is 39.0 Å². The molecule has 0 bridgehead atoms. The molecule has 1 heterocycles. The Morgan fingerprint density at radius 3 is 2.23 bits per heavy atom. The molecule has 0 aromatic heterocycles. The number of aliphatic hydroxyl groups is 3. The number of hydrogen-bond acceptors (Lipinski definition) is 10. The van der Waals surface area contributed by atoms with E-state index in [2.05, 4.69) is 13.2 Å². The molecule has 0 aliphatic carbocycles. The van der Waals surface area contributed by atoms with Gasteiger partial charge in [-0.15, -0.1) is 0 Å². The zero-order chi connectivity index (χ0) is 23.0. The van der Waals surface area contributed by atoms with Gasteiger partial charge in [-0.2, -0.15) is 0 Å². The first-order valence-electron chi connectivity index (χ1n) is 9.49. The van der Waals surface area contributed by atoms with Gasteiger partial charge in [0.2, 0.25) is 0 Å². The van der Waals surface area contributed by atoms with E-state index in [1.54, 1.807) is 0 Å². The molecule has 1 saturated heterocycles. The maximum absolute atomic E-state index is 11.6. The summed E-state index contributed by atoms with van der Waals surface area (Å²) in [7, 11) is 2.64. The third-order valence-corrected chi connectivity index (χ3v) is 4.44. The minimum absolute atomic E-state index is 0.110. The molecule has 30 heavy (non-hydrogen) atoms. The largest absolute Gasteiger partial charge is 0.460 e. The summed E-state index contributed by atoms with van der Waals surface area (Å²) in [4.78, 5) is 22.2. The van der Waals surface area contributed by atoms with Crippen LogP contribution in [-0.2, 0) is 33.3 Å². The second kappa shape index (κ2) is 15.9. The number of aliphatic hydroxyl groups excluding tert-OH is 3. The molecular weight excluding hydrogens is 400 g/mol. The zero-order valence-corrected chi connectivity index (χ0v) is 17.7. The van der Waals surface area contributed by atoms with E-state index in [1.807, 2.05) is 0 Å². The van der Waals surface area contributed by atoms with Crippen LogP contribution < -0.4 is 0 Å². The molecule has 0 saturated carbocycles. The Morgan fingerprint density at radius 1 is 1.20 bits per heavy atom. The maximum Gasteiger partial charge on any atom is 0.337 e. The lowest BCUT2D eigenvalue weighted by Gasteiger charge is -2.27. The summed E-state index contributed by atoms with van der Waals surface area (Å²) in [5, 5.41) is 27.4. The van der Waals surface area contributed by atoms with Crippen LogP contribution in [-0.4, -0.2) is 87.1 Å². The molecule has 3 N–H and O–H groups in total. The Labute approximate surface area is 177 Å². The van der Waals surface area contributed by atoms with Crippen LogP contribution in [0.5, 0.6) is 0 Å². The van der Waals surface area contributed by atoms with E-state index >= 15 is 0 Å². The first-order valence-corrected chi connectivity index (χ1v) is 9.49. The van der Waals surface area contributed by atoms with Crippen molar-refractivity contribution in [1.82, 2.24) is 0 Å². The Morgan fingerprint density at radius 2 is 1.80 bits per heavy atom. The number of hydrogen-bond donors (Lipinski definition) is 3. The first-order chi connectivity index (χ1) is 14.3. The molecule has 10 nitrogen and oxygen atoms in total. The van der Waals surface area contributed by atoms with Gasteiger partial charge in [-0.3, -0.25) is 0 Å². The fourth-order valence-electron chi connectivity index (χ4n) is 2.28. The molecule has 1 aliphatic heterocycles. The smallest absolute Gasteiger partial charge is 0.337 e. The predicted molar refractivity (Wildman–Crippen MR) is 106 cm³/mol. The molecule has 174 valence electrons. The van der Waals surface area contributed by atoms with Crippen molar-refractivity contribution in [1.29, 1.82) is 0 Å². The third kappa shape index (κ3) is 10.8. The molecule has 0 amide bonds. The van der Waals surface area contributed by atoms with Gasteiger partial charge in [0.05, 0.1) is 25.9 Å². The molecule has 0 aromatic rings. The molecule has 0 radical (unpaired) electrons. The van der Waals surface area contributed by atoms with Crippen molar-refractivity contribution in [3.8, 4) is 0 Å². The van der Waals surface area contributed by atoms with Gasteiger partial charge in [-0.05, 0) is 25.7 Å². The van der Waals surface area contributed by atoms with Crippen LogP contribution in [0.2, 0.25) is 0 Å². The number of ether oxygens (including phenoxy) is 5. The van der Waals surface area contributed by atoms with Gasteiger partial charge in [0.1, 0.15) is 6.61 Å². The second-order valence-corrected chi connectivity index (χ2v) is 6.71. The fourth-order valence-corrected chi connectivity index (χ4v) is 2.28. The second-order valence-electron chi connectivity index (χ2n) is 6.71. The standard InChI is InChI=1S/C12H22O7.C8H12O3/c1-9(10(16)19-11(17-2)18-3)4-5-12(6-13,7-14)8-15;1-2-8(9)11-6-7-4-3-5-10-7/h11,13-15H,1,4-8H2,2-3H3;2,7H,1,3-6H2. The van der Waals surface area contributed by atoms with E-state index in [1.165, 1.54) is 14.2 Å². The number of rotatable bonds is 13. The average molecular weight is 434 g/mol. The average Bonchev–Trinajstić information content (AvgIpc) is 3.30. The molecule has 0 spiro atoms. The summed E-state index contributed by atoms with van der Waals surface area (Å²) in [5.74, 6) is -1.07. The molecule has 0 aromatic carbocycles. The lowest BCUT2D eigenvalue weighted by molar-refractivity contribution is -0.252. The Balaban J connectivity index is 0.000000642. The van der Waals surface area contributed by atoms with Gasteiger partial charge in [-0.25, -0.2) is 9.59 Å². The third-order valence-electron chi connectivity index (χ3n) is 4.44. The summed E-state index contributed by atoms with van der Waals surface area (Å²) in [6.45, 7) is 5.72. The quantitative estimate of drug-likeness (QED) is 0.210. The Hall–Kier alpha value is -1.82. The van der Waals surface area contributed by atoms with Crippen molar-refractivity contribution in [3.05, 3.63) is 24.8 Å². The zero-order valence-electron chi connectivity index (χ0n) is 17.7. The normalized spacial score (nSPS) is 15.9. The monoisotopic (exact) mass is 434 g/mol. The molecular formula is C20H34O10. The topological polar surface area (TPSA) is 141 Å². The molecule has 1 aliphatic rings. The summed E-state index contributed by atoms with van der Waals surface area (Å²) < 4.78 is 24.2. The lowest BCUT2D eigenvalue weighted by atomic mass is 9.84. The Bertz CT molecular complexity index is 511. The summed E-state index contributed by atoms with van der Waals surface area (Å²) >= 11 is 0. The number of carbonyl (C=O) groups is 2. The lowest BCUT2D eigenvalue weighted by Crippen LogP contribution is -2.34.